The van der Waals surface area contributed by atoms with Crippen molar-refractivity contribution in [3.63, 3.8) is 0 Å². The Morgan fingerprint density at radius 1 is 0.358 bits per heavy atom. The van der Waals surface area contributed by atoms with Crippen LogP contribution in [0.4, 0.5) is 0 Å². The van der Waals surface area contributed by atoms with Gasteiger partial charge in [0, 0.05) is 57.8 Å². The number of fused-ring (bicyclic) bond motifs is 3. The third kappa shape index (κ3) is 5.66. The summed E-state index contributed by atoms with van der Waals surface area (Å²) in [7, 11) is 0. The maximum Gasteiger partial charge on any atom is 0.227 e. The van der Waals surface area contributed by atoms with Crippen LogP contribution in [0.15, 0.2) is 175 Å². The Hall–Kier alpha value is -7.38. The summed E-state index contributed by atoms with van der Waals surface area (Å²) in [5, 5.41) is 4.52. The number of hydrogen-bond acceptors (Lipinski definition) is 7. The maximum absolute atomic E-state index is 6.03. The highest BCUT2D eigenvalue weighted by atomic mass is 16.3. The van der Waals surface area contributed by atoms with Gasteiger partial charge < -0.3 is 4.42 Å². The molecular weight excluding hydrogens is 653 g/mol. The van der Waals surface area contributed by atoms with E-state index in [-0.39, 0.29) is 0 Å². The van der Waals surface area contributed by atoms with Gasteiger partial charge in [-0.2, -0.15) is 0 Å². The number of benzene rings is 6. The summed E-state index contributed by atoms with van der Waals surface area (Å²) in [6.45, 7) is 0. The minimum Gasteiger partial charge on any atom is -0.436 e. The minimum atomic E-state index is 0.569. The van der Waals surface area contributed by atoms with E-state index in [4.69, 9.17) is 19.4 Å². The Morgan fingerprint density at radius 2 is 0.811 bits per heavy atom. The van der Waals surface area contributed by atoms with Gasteiger partial charge in [-0.25, -0.2) is 19.9 Å². The first-order valence-corrected chi connectivity index (χ1v) is 17.3. The van der Waals surface area contributed by atoms with E-state index >= 15 is 0 Å². The van der Waals surface area contributed by atoms with Gasteiger partial charge in [0.15, 0.2) is 23.1 Å². The molecule has 53 heavy (non-hydrogen) atoms. The van der Waals surface area contributed by atoms with Crippen molar-refractivity contribution in [1.82, 2.24) is 29.9 Å². The molecule has 0 amide bonds. The van der Waals surface area contributed by atoms with Crippen molar-refractivity contribution in [1.29, 1.82) is 0 Å². The summed E-state index contributed by atoms with van der Waals surface area (Å²) < 4.78 is 6.03. The topological polar surface area (TPSA) is 90.5 Å². The van der Waals surface area contributed by atoms with E-state index in [9.17, 15) is 0 Å². The molecule has 4 heterocycles. The molecule has 0 aliphatic carbocycles. The van der Waals surface area contributed by atoms with Crippen molar-refractivity contribution in [2.45, 2.75) is 0 Å². The van der Waals surface area contributed by atoms with Gasteiger partial charge in [-0.05, 0) is 69.4 Å². The molecule has 10 rings (SSSR count). The Balaban J connectivity index is 1.05. The Morgan fingerprint density at radius 3 is 1.30 bits per heavy atom. The lowest BCUT2D eigenvalue weighted by atomic mass is 9.98. The molecule has 0 saturated heterocycles. The first-order chi connectivity index (χ1) is 26.2. The molecule has 0 fully saturated rings. The average molecular weight is 681 g/mol. The lowest BCUT2D eigenvalue weighted by Crippen LogP contribution is -2.00. The molecule has 0 radical (unpaired) electrons. The number of hydrogen-bond donors (Lipinski definition) is 0. The molecule has 0 unspecified atom stereocenters. The van der Waals surface area contributed by atoms with Gasteiger partial charge in [0.05, 0.1) is 0 Å². The number of nitrogens with zero attached hydrogens (tertiary/aromatic N) is 6. The molecule has 7 heteroatoms. The predicted octanol–water partition coefficient (Wildman–Crippen LogP) is 11.1. The van der Waals surface area contributed by atoms with Crippen LogP contribution in [0.5, 0.6) is 0 Å². The molecule has 0 aliphatic heterocycles. The molecular formula is C46H28N6O. The van der Waals surface area contributed by atoms with Crippen LogP contribution in [0.2, 0.25) is 0 Å². The van der Waals surface area contributed by atoms with Crippen LogP contribution < -0.4 is 0 Å². The Labute approximate surface area is 304 Å². The highest BCUT2D eigenvalue weighted by molar-refractivity contribution is 5.97. The molecule has 0 bridgehead atoms. The standard InChI is InChI=1S/C46H28N6O/c1-2-10-42-41(9-1)49-46(53-42)34-21-19-33(20-22-34)45-51-43(31-15-11-29(12-16-31)37-7-3-5-35-27-47-25-23-39(35)37)50-44(52-45)32-17-13-30(14-18-32)38-8-4-6-36-28-48-26-24-40(36)38/h1-28H. The summed E-state index contributed by atoms with van der Waals surface area (Å²) in [6, 6.07) is 49.2. The van der Waals surface area contributed by atoms with Crippen LogP contribution in [0.3, 0.4) is 0 Å². The number of oxazole rings is 1. The summed E-state index contributed by atoms with van der Waals surface area (Å²) in [4.78, 5) is 28.3. The number of pyridine rings is 2. The molecule has 0 N–H and O–H groups in total. The fourth-order valence-electron chi connectivity index (χ4n) is 6.87. The van der Waals surface area contributed by atoms with Gasteiger partial charge >= 0.3 is 0 Å². The molecule has 4 aromatic heterocycles. The molecule has 0 aliphatic rings. The molecule has 10 aromatic rings. The summed E-state index contributed by atoms with van der Waals surface area (Å²) in [5.41, 5.74) is 9.61. The number of para-hydroxylation sites is 2. The van der Waals surface area contributed by atoms with E-state index in [1.807, 2.05) is 73.3 Å². The van der Waals surface area contributed by atoms with E-state index in [2.05, 4.69) is 112 Å². The van der Waals surface area contributed by atoms with Crippen LogP contribution in [-0.4, -0.2) is 29.9 Å². The minimum absolute atomic E-state index is 0.569. The molecule has 7 nitrogen and oxygen atoms in total. The summed E-state index contributed by atoms with van der Waals surface area (Å²) >= 11 is 0. The van der Waals surface area contributed by atoms with Crippen molar-refractivity contribution in [2.75, 3.05) is 0 Å². The van der Waals surface area contributed by atoms with Crippen molar-refractivity contribution in [3.8, 4) is 67.9 Å². The fourth-order valence-corrected chi connectivity index (χ4v) is 6.87. The molecule has 0 saturated carbocycles. The zero-order chi connectivity index (χ0) is 35.1. The number of rotatable bonds is 6. The van der Waals surface area contributed by atoms with Crippen LogP contribution in [0.25, 0.3) is 101 Å². The smallest absolute Gasteiger partial charge is 0.227 e. The van der Waals surface area contributed by atoms with Crippen molar-refractivity contribution in [3.05, 3.63) is 170 Å². The molecule has 248 valence electrons. The third-order valence-electron chi connectivity index (χ3n) is 9.59. The second kappa shape index (κ2) is 12.7. The first kappa shape index (κ1) is 30.4. The summed E-state index contributed by atoms with van der Waals surface area (Å²) in [5.74, 6) is 2.32. The van der Waals surface area contributed by atoms with Crippen LogP contribution in [0.1, 0.15) is 0 Å². The maximum atomic E-state index is 6.03. The van der Waals surface area contributed by atoms with Gasteiger partial charge in [0.25, 0.3) is 0 Å². The van der Waals surface area contributed by atoms with Gasteiger partial charge in [-0.15, -0.1) is 0 Å². The van der Waals surface area contributed by atoms with Gasteiger partial charge in [0.1, 0.15) is 5.52 Å². The van der Waals surface area contributed by atoms with E-state index in [1.54, 1.807) is 0 Å². The van der Waals surface area contributed by atoms with Crippen LogP contribution in [-0.2, 0) is 0 Å². The zero-order valence-corrected chi connectivity index (χ0v) is 28.3. The largest absolute Gasteiger partial charge is 0.436 e. The van der Waals surface area contributed by atoms with Crippen LogP contribution in [0, 0.1) is 0 Å². The fraction of sp³-hybridized carbons (Fsp3) is 0. The van der Waals surface area contributed by atoms with E-state index in [1.165, 1.54) is 0 Å². The Bertz CT molecular complexity index is 2750. The van der Waals surface area contributed by atoms with Gasteiger partial charge in [0.2, 0.25) is 5.89 Å². The highest BCUT2D eigenvalue weighted by Crippen LogP contribution is 2.33. The monoisotopic (exact) mass is 680 g/mol. The lowest BCUT2D eigenvalue weighted by molar-refractivity contribution is 0.620. The quantitative estimate of drug-likeness (QED) is 0.173. The van der Waals surface area contributed by atoms with Crippen LogP contribution >= 0.6 is 0 Å². The summed E-state index contributed by atoms with van der Waals surface area (Å²) in [6.07, 6.45) is 7.46. The third-order valence-corrected chi connectivity index (χ3v) is 9.59. The average Bonchev–Trinajstić information content (AvgIpc) is 3.68. The normalized spacial score (nSPS) is 11.4. The second-order valence-electron chi connectivity index (χ2n) is 12.8. The first-order valence-electron chi connectivity index (χ1n) is 17.3. The number of aromatic nitrogens is 6. The second-order valence-corrected chi connectivity index (χ2v) is 12.8. The van der Waals surface area contributed by atoms with E-state index in [0.29, 0.717) is 23.4 Å². The predicted molar refractivity (Wildman–Crippen MR) is 211 cm³/mol. The van der Waals surface area contributed by atoms with E-state index in [0.717, 1.165) is 77.2 Å². The molecule has 6 aromatic carbocycles. The van der Waals surface area contributed by atoms with Crippen molar-refractivity contribution < 1.29 is 4.42 Å². The van der Waals surface area contributed by atoms with Gasteiger partial charge in [-0.3, -0.25) is 9.97 Å². The lowest BCUT2D eigenvalue weighted by Gasteiger charge is -2.11. The zero-order valence-electron chi connectivity index (χ0n) is 28.3. The van der Waals surface area contributed by atoms with Gasteiger partial charge in [-0.1, -0.05) is 109 Å². The van der Waals surface area contributed by atoms with Crippen molar-refractivity contribution >= 4 is 32.6 Å². The molecule has 0 atom stereocenters. The SMILES string of the molecule is c1cc(-c2ccc(-c3nc(-c4ccc(-c5nc6ccccc6o5)cc4)nc(-c4ccc(-c5cccc6cnccc56)cc4)n3)cc2)c2ccncc2c1. The Kier molecular flexibility index (Phi) is 7.32. The molecule has 0 spiro atoms. The highest BCUT2D eigenvalue weighted by Gasteiger charge is 2.15. The van der Waals surface area contributed by atoms with E-state index < -0.39 is 0 Å². The van der Waals surface area contributed by atoms with Crippen molar-refractivity contribution in [2.24, 2.45) is 0 Å².